The highest BCUT2D eigenvalue weighted by Gasteiger charge is 2.42. The SMILES string of the molecule is Fc1c(F)c(C(F)(F)F)c(F)c(F)c1NN=Cc1cccc(OCc2cccc3ccccc23)c1. The molecule has 0 saturated carbocycles. The molecule has 0 aromatic heterocycles. The van der Waals surface area contributed by atoms with Gasteiger partial charge in [-0.25, -0.2) is 17.6 Å². The van der Waals surface area contributed by atoms with E-state index in [1.165, 1.54) is 6.07 Å². The van der Waals surface area contributed by atoms with Crippen LogP contribution in [0.15, 0.2) is 71.8 Å². The Balaban J connectivity index is 1.49. The summed E-state index contributed by atoms with van der Waals surface area (Å²) in [7, 11) is 0. The Kier molecular flexibility index (Phi) is 6.63. The zero-order valence-electron chi connectivity index (χ0n) is 17.6. The normalized spacial score (nSPS) is 11.9. The van der Waals surface area contributed by atoms with Crippen molar-refractivity contribution in [1.82, 2.24) is 0 Å². The highest BCUT2D eigenvalue weighted by molar-refractivity contribution is 5.85. The van der Waals surface area contributed by atoms with Crippen LogP contribution in [0.2, 0.25) is 0 Å². The van der Waals surface area contributed by atoms with Crippen LogP contribution in [0.5, 0.6) is 5.75 Å². The van der Waals surface area contributed by atoms with Gasteiger partial charge in [0.05, 0.1) is 6.21 Å². The summed E-state index contributed by atoms with van der Waals surface area (Å²) in [5.41, 5.74) is -1.11. The van der Waals surface area contributed by atoms with Crippen molar-refractivity contribution < 1.29 is 35.5 Å². The summed E-state index contributed by atoms with van der Waals surface area (Å²) in [6.07, 6.45) is -4.57. The highest BCUT2D eigenvalue weighted by atomic mass is 19.4. The predicted octanol–water partition coefficient (Wildman–Crippen LogP) is 7.44. The Morgan fingerprint density at radius 3 is 2.17 bits per heavy atom. The zero-order valence-corrected chi connectivity index (χ0v) is 17.6. The molecule has 10 heteroatoms. The molecule has 4 aromatic carbocycles. The third-order valence-corrected chi connectivity index (χ3v) is 5.07. The third kappa shape index (κ3) is 5.06. The molecular weight excluding hydrogens is 477 g/mol. The number of hydrazone groups is 1. The van der Waals surface area contributed by atoms with Crippen molar-refractivity contribution in [2.45, 2.75) is 12.8 Å². The maximum absolute atomic E-state index is 14.0. The van der Waals surface area contributed by atoms with Gasteiger partial charge in [0, 0.05) is 0 Å². The minimum absolute atomic E-state index is 0.251. The Morgan fingerprint density at radius 1 is 0.800 bits per heavy atom. The van der Waals surface area contributed by atoms with Gasteiger partial charge in [-0.05, 0) is 34.0 Å². The fourth-order valence-corrected chi connectivity index (χ4v) is 3.41. The lowest BCUT2D eigenvalue weighted by Gasteiger charge is -2.13. The van der Waals surface area contributed by atoms with Crippen LogP contribution in [-0.4, -0.2) is 6.21 Å². The standard InChI is InChI=1S/C25H15F7N2O/c26-20-19(25(30,31)32)21(27)23(29)24(22(20)28)34-33-12-14-5-3-9-17(11-14)35-13-16-8-4-7-15-6-1-2-10-18(15)16/h1-12,34H,13H2. The number of rotatable bonds is 6. The summed E-state index contributed by atoms with van der Waals surface area (Å²) in [5, 5.41) is 5.56. The molecule has 35 heavy (non-hydrogen) atoms. The van der Waals surface area contributed by atoms with E-state index in [2.05, 4.69) is 5.10 Å². The minimum atomic E-state index is -5.62. The second-order valence-electron chi connectivity index (χ2n) is 7.37. The number of benzene rings is 4. The van der Waals surface area contributed by atoms with Gasteiger partial charge in [0.2, 0.25) is 0 Å². The number of alkyl halides is 3. The van der Waals surface area contributed by atoms with Crippen molar-refractivity contribution in [3.63, 3.8) is 0 Å². The number of anilines is 1. The highest BCUT2D eigenvalue weighted by Crippen LogP contribution is 2.38. The summed E-state index contributed by atoms with van der Waals surface area (Å²) >= 11 is 0. The summed E-state index contributed by atoms with van der Waals surface area (Å²) in [5.74, 6) is -9.21. The van der Waals surface area contributed by atoms with Crippen LogP contribution in [-0.2, 0) is 12.8 Å². The van der Waals surface area contributed by atoms with Crippen LogP contribution < -0.4 is 10.2 Å². The molecule has 0 atom stereocenters. The molecule has 1 N–H and O–H groups in total. The quantitative estimate of drug-likeness (QED) is 0.131. The molecule has 180 valence electrons. The summed E-state index contributed by atoms with van der Waals surface area (Å²) in [4.78, 5) is 0. The summed E-state index contributed by atoms with van der Waals surface area (Å²) in [6, 6.07) is 19.9. The molecule has 0 aliphatic rings. The fourth-order valence-electron chi connectivity index (χ4n) is 3.41. The average molecular weight is 492 g/mol. The van der Waals surface area contributed by atoms with Gasteiger partial charge in [-0.3, -0.25) is 5.43 Å². The molecule has 3 nitrogen and oxygen atoms in total. The van der Waals surface area contributed by atoms with E-state index in [1.807, 2.05) is 42.5 Å². The van der Waals surface area contributed by atoms with E-state index in [0.29, 0.717) is 11.3 Å². The van der Waals surface area contributed by atoms with Gasteiger partial charge in [-0.1, -0.05) is 54.6 Å². The van der Waals surface area contributed by atoms with Gasteiger partial charge in [0.15, 0.2) is 23.3 Å². The molecule has 0 radical (unpaired) electrons. The van der Waals surface area contributed by atoms with E-state index in [4.69, 9.17) is 4.74 Å². The van der Waals surface area contributed by atoms with Crippen LogP contribution >= 0.6 is 0 Å². The van der Waals surface area contributed by atoms with Crippen molar-refractivity contribution in [1.29, 1.82) is 0 Å². The minimum Gasteiger partial charge on any atom is -0.489 e. The topological polar surface area (TPSA) is 33.6 Å². The molecule has 0 heterocycles. The smallest absolute Gasteiger partial charge is 0.422 e. The van der Waals surface area contributed by atoms with E-state index in [9.17, 15) is 30.7 Å². The molecule has 0 bridgehead atoms. The lowest BCUT2D eigenvalue weighted by Crippen LogP contribution is -2.16. The first kappa shape index (κ1) is 24.1. The molecule has 4 aromatic rings. The maximum atomic E-state index is 14.0. The second kappa shape index (κ2) is 9.65. The molecular formula is C25H15F7N2O. The number of hydrogen-bond donors (Lipinski definition) is 1. The van der Waals surface area contributed by atoms with Gasteiger partial charge in [-0.2, -0.15) is 18.3 Å². The average Bonchev–Trinajstić information content (AvgIpc) is 2.83. The van der Waals surface area contributed by atoms with Crippen molar-refractivity contribution in [2.24, 2.45) is 5.10 Å². The molecule has 0 fully saturated rings. The molecule has 0 spiro atoms. The van der Waals surface area contributed by atoms with Crippen molar-refractivity contribution in [3.05, 3.63) is 107 Å². The van der Waals surface area contributed by atoms with Crippen molar-refractivity contribution in [3.8, 4) is 5.75 Å². The first-order valence-electron chi connectivity index (χ1n) is 10.1. The predicted molar refractivity (Wildman–Crippen MR) is 117 cm³/mol. The number of hydrogen-bond acceptors (Lipinski definition) is 3. The number of nitrogens with one attached hydrogen (secondary N) is 1. The van der Waals surface area contributed by atoms with Crippen LogP contribution in [0, 0.1) is 23.3 Å². The molecule has 0 unspecified atom stereocenters. The lowest BCUT2D eigenvalue weighted by molar-refractivity contribution is -0.143. The fraction of sp³-hybridized carbons (Fsp3) is 0.0800. The molecule has 4 rings (SSSR count). The van der Waals surface area contributed by atoms with E-state index < -0.39 is 40.7 Å². The Labute approximate surface area is 194 Å². The third-order valence-electron chi connectivity index (χ3n) is 5.07. The van der Waals surface area contributed by atoms with E-state index in [1.54, 1.807) is 23.6 Å². The van der Waals surface area contributed by atoms with E-state index >= 15 is 0 Å². The van der Waals surface area contributed by atoms with Gasteiger partial charge in [-0.15, -0.1) is 0 Å². The van der Waals surface area contributed by atoms with Crippen molar-refractivity contribution >= 4 is 22.7 Å². The van der Waals surface area contributed by atoms with Crippen molar-refractivity contribution in [2.75, 3.05) is 5.43 Å². The lowest BCUT2D eigenvalue weighted by atomic mass is 10.1. The number of halogens is 7. The number of nitrogens with zero attached hydrogens (tertiary/aromatic N) is 1. The Hall–Kier alpha value is -4.08. The molecule has 0 amide bonds. The molecule has 0 aliphatic heterocycles. The van der Waals surface area contributed by atoms with E-state index in [-0.39, 0.29) is 6.61 Å². The molecule has 0 saturated heterocycles. The Morgan fingerprint density at radius 2 is 1.46 bits per heavy atom. The summed E-state index contributed by atoms with van der Waals surface area (Å²) < 4.78 is 99.2. The van der Waals surface area contributed by atoms with Gasteiger partial charge < -0.3 is 4.74 Å². The summed E-state index contributed by atoms with van der Waals surface area (Å²) in [6.45, 7) is 0.251. The second-order valence-corrected chi connectivity index (χ2v) is 7.37. The van der Waals surface area contributed by atoms with Gasteiger partial charge in [0.25, 0.3) is 0 Å². The van der Waals surface area contributed by atoms with E-state index in [0.717, 1.165) is 22.6 Å². The van der Waals surface area contributed by atoms with Crippen LogP contribution in [0.25, 0.3) is 10.8 Å². The van der Waals surface area contributed by atoms with Gasteiger partial charge in [0.1, 0.15) is 23.6 Å². The largest absolute Gasteiger partial charge is 0.489 e. The molecule has 0 aliphatic carbocycles. The zero-order chi connectivity index (χ0) is 25.2. The van der Waals surface area contributed by atoms with Crippen LogP contribution in [0.3, 0.4) is 0 Å². The van der Waals surface area contributed by atoms with Gasteiger partial charge >= 0.3 is 6.18 Å². The van der Waals surface area contributed by atoms with Crippen LogP contribution in [0.4, 0.5) is 36.4 Å². The Bertz CT molecular complexity index is 1380. The monoisotopic (exact) mass is 492 g/mol. The first-order valence-corrected chi connectivity index (χ1v) is 10.1. The van der Waals surface area contributed by atoms with Crippen LogP contribution in [0.1, 0.15) is 16.7 Å². The number of fused-ring (bicyclic) bond motifs is 1. The maximum Gasteiger partial charge on any atom is 0.422 e. The first-order chi connectivity index (χ1) is 16.7. The number of ether oxygens (including phenoxy) is 1.